The smallest absolute Gasteiger partial charge is 0.167 e. The van der Waals surface area contributed by atoms with Crippen molar-refractivity contribution >= 4 is 23.2 Å². The molecule has 0 aliphatic rings. The van der Waals surface area contributed by atoms with Crippen molar-refractivity contribution in [1.82, 2.24) is 15.0 Å². The summed E-state index contributed by atoms with van der Waals surface area (Å²) in [7, 11) is 0. The number of hydrogen-bond donors (Lipinski definition) is 0. The molecule has 6 heteroatoms. The molecule has 2 aromatic rings. The van der Waals surface area contributed by atoms with E-state index in [0.29, 0.717) is 5.69 Å². The molecule has 0 saturated carbocycles. The summed E-state index contributed by atoms with van der Waals surface area (Å²) in [5.74, 6) is -0.285. The van der Waals surface area contributed by atoms with Gasteiger partial charge in [-0.2, -0.15) is 0 Å². The zero-order valence-corrected chi connectivity index (χ0v) is 9.00. The summed E-state index contributed by atoms with van der Waals surface area (Å²) in [4.78, 5) is 0. The Morgan fingerprint density at radius 3 is 2.87 bits per heavy atom. The van der Waals surface area contributed by atoms with E-state index in [4.69, 9.17) is 23.2 Å². The normalized spacial score (nSPS) is 10.6. The third kappa shape index (κ3) is 1.96. The molecule has 0 unspecified atom stereocenters. The molecule has 0 amide bonds. The third-order valence-corrected chi connectivity index (χ3v) is 2.42. The third-order valence-electron chi connectivity index (χ3n) is 1.86. The van der Waals surface area contributed by atoms with Gasteiger partial charge in [0.1, 0.15) is 5.69 Å². The first-order valence-corrected chi connectivity index (χ1v) is 5.05. The number of hydrogen-bond acceptors (Lipinski definition) is 2. The van der Waals surface area contributed by atoms with Crippen molar-refractivity contribution in [3.8, 4) is 5.69 Å². The molecule has 0 saturated heterocycles. The van der Waals surface area contributed by atoms with Gasteiger partial charge >= 0.3 is 0 Å². The van der Waals surface area contributed by atoms with Crippen LogP contribution in [0.25, 0.3) is 5.69 Å². The molecule has 0 radical (unpaired) electrons. The molecule has 0 fully saturated rings. The minimum Gasteiger partial charge on any atom is -0.217 e. The first kappa shape index (κ1) is 10.4. The van der Waals surface area contributed by atoms with Gasteiger partial charge in [-0.3, -0.25) is 0 Å². The Morgan fingerprint density at radius 1 is 1.40 bits per heavy atom. The monoisotopic (exact) mass is 245 g/mol. The quantitative estimate of drug-likeness (QED) is 0.763. The van der Waals surface area contributed by atoms with E-state index in [1.165, 1.54) is 10.7 Å². The van der Waals surface area contributed by atoms with Gasteiger partial charge in [0.25, 0.3) is 0 Å². The second-order valence-corrected chi connectivity index (χ2v) is 3.54. The van der Waals surface area contributed by atoms with Crippen LogP contribution in [-0.4, -0.2) is 15.0 Å². The highest BCUT2D eigenvalue weighted by atomic mass is 35.5. The maximum atomic E-state index is 13.5. The van der Waals surface area contributed by atoms with Gasteiger partial charge in [-0.25, -0.2) is 9.07 Å². The van der Waals surface area contributed by atoms with E-state index >= 15 is 0 Å². The Kier molecular flexibility index (Phi) is 2.88. The molecular weight excluding hydrogens is 240 g/mol. The fourth-order valence-electron chi connectivity index (χ4n) is 1.15. The van der Waals surface area contributed by atoms with Crippen LogP contribution in [0.2, 0.25) is 5.02 Å². The van der Waals surface area contributed by atoms with Crippen molar-refractivity contribution in [2.75, 3.05) is 0 Å². The van der Waals surface area contributed by atoms with Gasteiger partial charge in [-0.05, 0) is 12.1 Å². The van der Waals surface area contributed by atoms with Gasteiger partial charge in [0, 0.05) is 0 Å². The zero-order chi connectivity index (χ0) is 10.8. The molecule has 15 heavy (non-hydrogen) atoms. The molecule has 0 aliphatic carbocycles. The van der Waals surface area contributed by atoms with Crippen LogP contribution < -0.4 is 0 Å². The predicted molar refractivity (Wildman–Crippen MR) is 55.9 cm³/mol. The number of rotatable bonds is 2. The minimum atomic E-state index is -0.523. The SMILES string of the molecule is Fc1c(Cl)cccc1-n1cc(CCl)nn1. The zero-order valence-electron chi connectivity index (χ0n) is 7.49. The highest BCUT2D eigenvalue weighted by molar-refractivity contribution is 6.30. The van der Waals surface area contributed by atoms with Crippen molar-refractivity contribution in [2.24, 2.45) is 0 Å². The lowest BCUT2D eigenvalue weighted by Gasteiger charge is -2.02. The van der Waals surface area contributed by atoms with E-state index in [9.17, 15) is 4.39 Å². The van der Waals surface area contributed by atoms with Crippen LogP contribution in [-0.2, 0) is 5.88 Å². The summed E-state index contributed by atoms with van der Waals surface area (Å²) in [6.07, 6.45) is 1.56. The molecule has 0 spiro atoms. The standard InChI is InChI=1S/C9H6Cl2FN3/c10-4-6-5-15(14-13-6)8-3-1-2-7(11)9(8)12/h1-3,5H,4H2. The molecule has 2 rings (SSSR count). The Balaban J connectivity index is 2.49. The van der Waals surface area contributed by atoms with Gasteiger partial charge in [-0.1, -0.05) is 22.9 Å². The Hall–Kier alpha value is -1.13. The van der Waals surface area contributed by atoms with Crippen molar-refractivity contribution in [1.29, 1.82) is 0 Å². The average molecular weight is 246 g/mol. The van der Waals surface area contributed by atoms with Gasteiger partial charge in [-0.15, -0.1) is 16.7 Å². The van der Waals surface area contributed by atoms with Crippen LogP contribution in [0.1, 0.15) is 5.69 Å². The number of nitrogens with zero attached hydrogens (tertiary/aromatic N) is 3. The lowest BCUT2D eigenvalue weighted by atomic mass is 10.3. The van der Waals surface area contributed by atoms with Crippen LogP contribution >= 0.6 is 23.2 Å². The van der Waals surface area contributed by atoms with Crippen molar-refractivity contribution < 1.29 is 4.39 Å². The summed E-state index contributed by atoms with van der Waals surface area (Å²) < 4.78 is 14.9. The molecule has 78 valence electrons. The first-order valence-electron chi connectivity index (χ1n) is 4.14. The van der Waals surface area contributed by atoms with E-state index < -0.39 is 5.82 Å². The van der Waals surface area contributed by atoms with Gasteiger partial charge < -0.3 is 0 Å². The fourth-order valence-corrected chi connectivity index (χ4v) is 1.44. The highest BCUT2D eigenvalue weighted by Gasteiger charge is 2.09. The second kappa shape index (κ2) is 4.16. The minimum absolute atomic E-state index is 0.0513. The fraction of sp³-hybridized carbons (Fsp3) is 0.111. The van der Waals surface area contributed by atoms with Crippen LogP contribution in [0.4, 0.5) is 4.39 Å². The Labute approximate surface area is 95.4 Å². The molecule has 0 atom stereocenters. The van der Waals surface area contributed by atoms with Crippen molar-refractivity contribution in [3.63, 3.8) is 0 Å². The van der Waals surface area contributed by atoms with Gasteiger partial charge in [0.15, 0.2) is 5.82 Å². The summed E-state index contributed by atoms with van der Waals surface area (Å²) >= 11 is 11.2. The molecule has 0 aliphatic heterocycles. The topological polar surface area (TPSA) is 30.7 Å². The van der Waals surface area contributed by atoms with Gasteiger partial charge in [0.05, 0.1) is 22.8 Å². The Morgan fingerprint density at radius 2 is 2.20 bits per heavy atom. The Bertz CT molecular complexity index is 484. The predicted octanol–water partition coefficient (Wildman–Crippen LogP) is 2.80. The van der Waals surface area contributed by atoms with E-state index in [0.717, 1.165) is 0 Å². The van der Waals surface area contributed by atoms with E-state index in [2.05, 4.69) is 10.3 Å². The molecule has 1 aromatic heterocycles. The largest absolute Gasteiger partial charge is 0.217 e. The number of halogens is 3. The van der Waals surface area contributed by atoms with E-state index in [-0.39, 0.29) is 16.6 Å². The van der Waals surface area contributed by atoms with Crippen LogP contribution in [0.5, 0.6) is 0 Å². The molecular formula is C9H6Cl2FN3. The van der Waals surface area contributed by atoms with Crippen molar-refractivity contribution in [3.05, 3.63) is 40.9 Å². The number of benzene rings is 1. The highest BCUT2D eigenvalue weighted by Crippen LogP contribution is 2.20. The maximum absolute atomic E-state index is 13.5. The molecule has 1 aromatic carbocycles. The summed E-state index contributed by atoms with van der Waals surface area (Å²) in [6.45, 7) is 0. The van der Waals surface area contributed by atoms with E-state index in [1.807, 2.05) is 0 Å². The van der Waals surface area contributed by atoms with Crippen LogP contribution in [0.3, 0.4) is 0 Å². The van der Waals surface area contributed by atoms with Crippen LogP contribution in [0.15, 0.2) is 24.4 Å². The molecule has 0 bridgehead atoms. The van der Waals surface area contributed by atoms with Gasteiger partial charge in [0.2, 0.25) is 0 Å². The summed E-state index contributed by atoms with van der Waals surface area (Å²) in [5.41, 5.74) is 0.836. The first-order chi connectivity index (χ1) is 7.22. The molecule has 0 N–H and O–H groups in total. The summed E-state index contributed by atoms with van der Waals surface area (Å²) in [6, 6.07) is 4.68. The second-order valence-electron chi connectivity index (χ2n) is 2.86. The lowest BCUT2D eigenvalue weighted by molar-refractivity contribution is 0.607. The average Bonchev–Trinajstić information content (AvgIpc) is 2.70. The number of aromatic nitrogens is 3. The summed E-state index contributed by atoms with van der Waals surface area (Å²) in [5, 5.41) is 7.55. The molecule has 1 heterocycles. The lowest BCUT2D eigenvalue weighted by Crippen LogP contribution is -1.98. The maximum Gasteiger partial charge on any atom is 0.167 e. The molecule has 3 nitrogen and oxygen atoms in total. The van der Waals surface area contributed by atoms with Crippen molar-refractivity contribution in [2.45, 2.75) is 5.88 Å². The van der Waals surface area contributed by atoms with Crippen LogP contribution in [0, 0.1) is 5.82 Å². The van der Waals surface area contributed by atoms with E-state index in [1.54, 1.807) is 18.3 Å². The number of alkyl halides is 1.